The second-order valence-electron chi connectivity index (χ2n) is 3.89. The molecule has 1 aromatic carbocycles. The maximum Gasteiger partial charge on any atom is 0.253 e. The average molecular weight is 309 g/mol. The van der Waals surface area contributed by atoms with Crippen molar-refractivity contribution in [2.24, 2.45) is 7.05 Å². The SMILES string of the molecule is Cn1ccc(CNC(=O)c2ccc(Br)cc2N)n1. The number of carbonyl (C=O) groups excluding carboxylic acids is 1. The third-order valence-corrected chi connectivity index (χ3v) is 2.95. The van der Waals surface area contributed by atoms with Crippen LogP contribution < -0.4 is 11.1 Å². The van der Waals surface area contributed by atoms with Crippen LogP contribution in [0.25, 0.3) is 0 Å². The Morgan fingerprint density at radius 3 is 2.89 bits per heavy atom. The monoisotopic (exact) mass is 308 g/mol. The Morgan fingerprint density at radius 1 is 1.50 bits per heavy atom. The molecule has 18 heavy (non-hydrogen) atoms. The fraction of sp³-hybridized carbons (Fsp3) is 0.167. The maximum absolute atomic E-state index is 11.9. The fourth-order valence-corrected chi connectivity index (χ4v) is 1.94. The number of benzene rings is 1. The van der Waals surface area contributed by atoms with Gasteiger partial charge >= 0.3 is 0 Å². The maximum atomic E-state index is 11.9. The number of amides is 1. The Balaban J connectivity index is 2.03. The van der Waals surface area contributed by atoms with Crippen molar-refractivity contribution in [2.75, 3.05) is 5.73 Å². The molecule has 0 aliphatic carbocycles. The zero-order chi connectivity index (χ0) is 13.1. The predicted octanol–water partition coefficient (Wildman–Crippen LogP) is 1.69. The van der Waals surface area contributed by atoms with Crippen molar-refractivity contribution >= 4 is 27.5 Å². The van der Waals surface area contributed by atoms with Gasteiger partial charge in [0.1, 0.15) is 0 Å². The second kappa shape index (κ2) is 5.22. The molecule has 0 unspecified atom stereocenters. The molecule has 0 atom stereocenters. The Morgan fingerprint density at radius 2 is 2.28 bits per heavy atom. The fourth-order valence-electron chi connectivity index (χ4n) is 1.56. The van der Waals surface area contributed by atoms with Crippen molar-refractivity contribution in [3.63, 3.8) is 0 Å². The number of nitrogens with two attached hydrogens (primary N) is 1. The summed E-state index contributed by atoms with van der Waals surface area (Å²) < 4.78 is 2.54. The molecule has 1 aromatic heterocycles. The Labute approximate surface area is 113 Å². The number of hydrogen-bond donors (Lipinski definition) is 2. The summed E-state index contributed by atoms with van der Waals surface area (Å²) in [6, 6.07) is 7.03. The van der Waals surface area contributed by atoms with Gasteiger partial charge in [-0.3, -0.25) is 9.48 Å². The van der Waals surface area contributed by atoms with Crippen LogP contribution in [0.1, 0.15) is 16.1 Å². The van der Waals surface area contributed by atoms with E-state index in [0.717, 1.165) is 10.2 Å². The second-order valence-corrected chi connectivity index (χ2v) is 4.81. The van der Waals surface area contributed by atoms with Gasteiger partial charge in [0.2, 0.25) is 0 Å². The number of rotatable bonds is 3. The van der Waals surface area contributed by atoms with Crippen LogP contribution in [0, 0.1) is 0 Å². The van der Waals surface area contributed by atoms with E-state index in [-0.39, 0.29) is 5.91 Å². The number of nitrogen functional groups attached to an aromatic ring is 1. The molecule has 1 heterocycles. The molecule has 5 nitrogen and oxygen atoms in total. The molecule has 1 amide bonds. The van der Waals surface area contributed by atoms with E-state index >= 15 is 0 Å². The van der Waals surface area contributed by atoms with E-state index in [4.69, 9.17) is 5.73 Å². The smallest absolute Gasteiger partial charge is 0.253 e. The van der Waals surface area contributed by atoms with Crippen molar-refractivity contribution in [2.45, 2.75) is 6.54 Å². The van der Waals surface area contributed by atoms with Crippen LogP contribution in [0.4, 0.5) is 5.69 Å². The molecule has 0 aliphatic rings. The topological polar surface area (TPSA) is 72.9 Å². The highest BCUT2D eigenvalue weighted by Gasteiger charge is 2.09. The summed E-state index contributed by atoms with van der Waals surface area (Å²) in [6.07, 6.45) is 1.83. The number of halogens is 1. The first-order valence-electron chi connectivity index (χ1n) is 5.38. The summed E-state index contributed by atoms with van der Waals surface area (Å²) in [5, 5.41) is 6.95. The van der Waals surface area contributed by atoms with Crippen LogP contribution >= 0.6 is 15.9 Å². The standard InChI is InChI=1S/C12H13BrN4O/c1-17-5-4-9(16-17)7-15-12(18)10-3-2-8(13)6-11(10)14/h2-6H,7,14H2,1H3,(H,15,18). The van der Waals surface area contributed by atoms with Crippen molar-refractivity contribution < 1.29 is 4.79 Å². The molecule has 0 bridgehead atoms. The van der Waals surface area contributed by atoms with Gasteiger partial charge in [-0.2, -0.15) is 5.10 Å². The Kier molecular flexibility index (Phi) is 3.66. The third kappa shape index (κ3) is 2.89. The van der Waals surface area contributed by atoms with Crippen molar-refractivity contribution in [1.29, 1.82) is 0 Å². The summed E-state index contributed by atoms with van der Waals surface area (Å²) in [6.45, 7) is 0.384. The summed E-state index contributed by atoms with van der Waals surface area (Å²) in [7, 11) is 1.83. The van der Waals surface area contributed by atoms with Gasteiger partial charge in [-0.25, -0.2) is 0 Å². The van der Waals surface area contributed by atoms with E-state index in [1.54, 1.807) is 22.9 Å². The van der Waals surface area contributed by atoms with Gasteiger partial charge in [0, 0.05) is 23.4 Å². The molecule has 0 spiro atoms. The first-order valence-corrected chi connectivity index (χ1v) is 6.17. The van der Waals surface area contributed by atoms with E-state index < -0.39 is 0 Å². The quantitative estimate of drug-likeness (QED) is 0.848. The van der Waals surface area contributed by atoms with Crippen molar-refractivity contribution in [1.82, 2.24) is 15.1 Å². The molecule has 2 rings (SSSR count). The van der Waals surface area contributed by atoms with Crippen LogP contribution in [0.3, 0.4) is 0 Å². The van der Waals surface area contributed by atoms with E-state index in [2.05, 4.69) is 26.3 Å². The highest BCUT2D eigenvalue weighted by Crippen LogP contribution is 2.18. The Bertz CT molecular complexity index is 579. The number of aryl methyl sites for hydroxylation is 1. The molecule has 0 saturated heterocycles. The zero-order valence-electron chi connectivity index (χ0n) is 9.85. The molecule has 0 radical (unpaired) electrons. The van der Waals surface area contributed by atoms with Gasteiger partial charge in [-0.15, -0.1) is 0 Å². The minimum atomic E-state index is -0.203. The minimum absolute atomic E-state index is 0.203. The first kappa shape index (κ1) is 12.6. The van der Waals surface area contributed by atoms with Crippen LogP contribution in [-0.2, 0) is 13.6 Å². The van der Waals surface area contributed by atoms with Crippen LogP contribution in [0.2, 0.25) is 0 Å². The molecule has 0 aliphatic heterocycles. The lowest BCUT2D eigenvalue weighted by Crippen LogP contribution is -2.24. The lowest BCUT2D eigenvalue weighted by molar-refractivity contribution is 0.0951. The van der Waals surface area contributed by atoms with E-state index in [1.165, 1.54) is 0 Å². The van der Waals surface area contributed by atoms with E-state index in [0.29, 0.717) is 17.8 Å². The lowest BCUT2D eigenvalue weighted by Gasteiger charge is -2.06. The molecule has 6 heteroatoms. The van der Waals surface area contributed by atoms with E-state index in [9.17, 15) is 4.79 Å². The molecule has 0 saturated carbocycles. The van der Waals surface area contributed by atoms with Gasteiger partial charge in [0.25, 0.3) is 5.91 Å². The number of carbonyl (C=O) groups is 1. The Hall–Kier alpha value is -1.82. The van der Waals surface area contributed by atoms with Gasteiger partial charge in [0.05, 0.1) is 17.8 Å². The largest absolute Gasteiger partial charge is 0.398 e. The lowest BCUT2D eigenvalue weighted by atomic mass is 10.1. The number of hydrogen-bond acceptors (Lipinski definition) is 3. The van der Waals surface area contributed by atoms with Gasteiger partial charge in [0.15, 0.2) is 0 Å². The highest BCUT2D eigenvalue weighted by atomic mass is 79.9. The van der Waals surface area contributed by atoms with Crippen LogP contribution in [0.5, 0.6) is 0 Å². The number of aromatic nitrogens is 2. The number of nitrogens with zero attached hydrogens (tertiary/aromatic N) is 2. The summed E-state index contributed by atoms with van der Waals surface area (Å²) >= 11 is 3.30. The number of nitrogens with one attached hydrogen (secondary N) is 1. The van der Waals surface area contributed by atoms with Crippen molar-refractivity contribution in [3.8, 4) is 0 Å². The van der Waals surface area contributed by atoms with Gasteiger partial charge in [-0.05, 0) is 24.3 Å². The molecular formula is C12H13BrN4O. The summed E-state index contributed by atoms with van der Waals surface area (Å²) in [5.41, 5.74) is 7.51. The van der Waals surface area contributed by atoms with Gasteiger partial charge in [-0.1, -0.05) is 15.9 Å². The van der Waals surface area contributed by atoms with Gasteiger partial charge < -0.3 is 11.1 Å². The molecule has 0 fully saturated rings. The third-order valence-electron chi connectivity index (χ3n) is 2.46. The van der Waals surface area contributed by atoms with Crippen LogP contribution in [-0.4, -0.2) is 15.7 Å². The molecule has 3 N–H and O–H groups in total. The molecule has 2 aromatic rings. The first-order chi connectivity index (χ1) is 8.56. The van der Waals surface area contributed by atoms with E-state index in [1.807, 2.05) is 19.3 Å². The average Bonchev–Trinajstić information content (AvgIpc) is 2.72. The predicted molar refractivity (Wildman–Crippen MR) is 72.9 cm³/mol. The summed E-state index contributed by atoms with van der Waals surface area (Å²) in [5.74, 6) is -0.203. The molecular weight excluding hydrogens is 296 g/mol. The normalized spacial score (nSPS) is 10.3. The highest BCUT2D eigenvalue weighted by molar-refractivity contribution is 9.10. The zero-order valence-corrected chi connectivity index (χ0v) is 11.4. The van der Waals surface area contributed by atoms with Crippen LogP contribution in [0.15, 0.2) is 34.9 Å². The minimum Gasteiger partial charge on any atom is -0.398 e. The van der Waals surface area contributed by atoms with Crippen molar-refractivity contribution in [3.05, 3.63) is 46.2 Å². The number of anilines is 1. The summed E-state index contributed by atoms with van der Waals surface area (Å²) in [4.78, 5) is 11.9. The molecule has 94 valence electrons.